The van der Waals surface area contributed by atoms with Gasteiger partial charge in [-0.25, -0.2) is 9.37 Å². The Kier molecular flexibility index (Phi) is 4.91. The maximum absolute atomic E-state index is 14.1. The highest BCUT2D eigenvalue weighted by atomic mass is 79.9. The van der Waals surface area contributed by atoms with Crippen LogP contribution in [0.2, 0.25) is 0 Å². The number of hydrogen-bond donors (Lipinski definition) is 1. The van der Waals surface area contributed by atoms with Crippen LogP contribution in [0.5, 0.6) is 0 Å². The lowest BCUT2D eigenvalue weighted by atomic mass is 10.1. The first-order valence-electron chi connectivity index (χ1n) is 6.34. The fourth-order valence-electron chi connectivity index (χ4n) is 2.20. The molecular weight excluding hydrogens is 323 g/mol. The van der Waals surface area contributed by atoms with Crippen LogP contribution in [0.15, 0.2) is 35.1 Å². The zero-order chi connectivity index (χ0) is 14.7. The Morgan fingerprint density at radius 2 is 2.25 bits per heavy atom. The predicted octanol–water partition coefficient (Wildman–Crippen LogP) is 2.45. The molecule has 1 aromatic carbocycles. The molecule has 0 fully saturated rings. The molecule has 0 saturated carbocycles. The first-order chi connectivity index (χ1) is 9.52. The van der Waals surface area contributed by atoms with Crippen LogP contribution in [0.3, 0.4) is 0 Å². The number of halogens is 2. The lowest BCUT2D eigenvalue weighted by Crippen LogP contribution is -2.31. The Balaban J connectivity index is 2.21. The van der Waals surface area contributed by atoms with E-state index in [9.17, 15) is 4.39 Å². The van der Waals surface area contributed by atoms with Crippen molar-refractivity contribution in [3.8, 4) is 0 Å². The minimum absolute atomic E-state index is 0.181. The van der Waals surface area contributed by atoms with Crippen LogP contribution in [-0.2, 0) is 13.6 Å². The van der Waals surface area contributed by atoms with Crippen molar-refractivity contribution in [3.63, 3.8) is 0 Å². The minimum atomic E-state index is -0.249. The Hall–Kier alpha value is -1.24. The Morgan fingerprint density at radius 3 is 2.80 bits per heavy atom. The molecule has 2 N–H and O–H groups in total. The summed E-state index contributed by atoms with van der Waals surface area (Å²) in [6, 6.07) is 4.88. The van der Waals surface area contributed by atoms with E-state index in [0.29, 0.717) is 18.7 Å². The number of rotatable bonds is 5. The van der Waals surface area contributed by atoms with E-state index in [4.69, 9.17) is 5.73 Å². The Morgan fingerprint density at radius 1 is 1.50 bits per heavy atom. The number of aryl methyl sites for hydroxylation is 1. The summed E-state index contributed by atoms with van der Waals surface area (Å²) in [6.45, 7) is 0.959. The molecule has 0 spiro atoms. The fourth-order valence-corrected chi connectivity index (χ4v) is 2.53. The van der Waals surface area contributed by atoms with E-state index in [1.807, 2.05) is 35.8 Å². The molecule has 4 nitrogen and oxygen atoms in total. The summed E-state index contributed by atoms with van der Waals surface area (Å²) < 4.78 is 16.7. The first-order valence-corrected chi connectivity index (χ1v) is 7.13. The van der Waals surface area contributed by atoms with E-state index >= 15 is 0 Å². The Bertz CT molecular complexity index is 584. The van der Waals surface area contributed by atoms with Crippen LogP contribution in [0, 0.1) is 5.82 Å². The molecule has 108 valence electrons. The minimum Gasteiger partial charge on any atom is -0.337 e. The van der Waals surface area contributed by atoms with Crippen molar-refractivity contribution >= 4 is 15.9 Å². The molecular formula is C14H18BrFN4. The number of hydrogen-bond acceptors (Lipinski definition) is 3. The summed E-state index contributed by atoms with van der Waals surface area (Å²) in [5.74, 6) is 0.671. The van der Waals surface area contributed by atoms with Crippen molar-refractivity contribution in [2.45, 2.75) is 12.6 Å². The predicted molar refractivity (Wildman–Crippen MR) is 80.6 cm³/mol. The molecule has 0 aliphatic carbocycles. The van der Waals surface area contributed by atoms with E-state index in [1.54, 1.807) is 12.3 Å². The van der Waals surface area contributed by atoms with Crippen LogP contribution in [0.25, 0.3) is 0 Å². The molecule has 2 aromatic rings. The van der Waals surface area contributed by atoms with Gasteiger partial charge in [0.1, 0.15) is 11.6 Å². The monoisotopic (exact) mass is 340 g/mol. The fraction of sp³-hybridized carbons (Fsp3) is 0.357. The second-order valence-electron chi connectivity index (χ2n) is 4.79. The highest BCUT2D eigenvalue weighted by Crippen LogP contribution is 2.25. The zero-order valence-corrected chi connectivity index (χ0v) is 13.1. The van der Waals surface area contributed by atoms with Crippen molar-refractivity contribution in [1.82, 2.24) is 14.5 Å². The summed E-state index contributed by atoms with van der Waals surface area (Å²) in [7, 11) is 3.86. The molecule has 0 saturated heterocycles. The van der Waals surface area contributed by atoms with Gasteiger partial charge in [-0.1, -0.05) is 22.0 Å². The van der Waals surface area contributed by atoms with E-state index in [1.165, 1.54) is 6.07 Å². The van der Waals surface area contributed by atoms with E-state index in [-0.39, 0.29) is 11.9 Å². The summed E-state index contributed by atoms with van der Waals surface area (Å²) in [6.07, 6.45) is 3.64. The third kappa shape index (κ3) is 3.26. The van der Waals surface area contributed by atoms with E-state index in [0.717, 1.165) is 10.3 Å². The summed E-state index contributed by atoms with van der Waals surface area (Å²) in [4.78, 5) is 6.29. The number of benzene rings is 1. The highest BCUT2D eigenvalue weighted by molar-refractivity contribution is 9.10. The third-order valence-electron chi connectivity index (χ3n) is 3.39. The molecule has 1 aromatic heterocycles. The number of likely N-dealkylation sites (N-methyl/N-ethyl adjacent to an activating group) is 1. The average molecular weight is 341 g/mol. The van der Waals surface area contributed by atoms with Crippen LogP contribution >= 0.6 is 15.9 Å². The van der Waals surface area contributed by atoms with Gasteiger partial charge in [-0.2, -0.15) is 0 Å². The molecule has 1 heterocycles. The van der Waals surface area contributed by atoms with Crippen molar-refractivity contribution < 1.29 is 4.39 Å². The van der Waals surface area contributed by atoms with Crippen molar-refractivity contribution in [2.24, 2.45) is 12.8 Å². The van der Waals surface area contributed by atoms with Crippen molar-refractivity contribution in [2.75, 3.05) is 13.6 Å². The van der Waals surface area contributed by atoms with Gasteiger partial charge in [-0.05, 0) is 19.2 Å². The van der Waals surface area contributed by atoms with Crippen LogP contribution < -0.4 is 5.73 Å². The zero-order valence-electron chi connectivity index (χ0n) is 11.6. The quantitative estimate of drug-likeness (QED) is 0.909. The summed E-state index contributed by atoms with van der Waals surface area (Å²) in [5.41, 5.74) is 6.44. The molecule has 0 aliphatic rings. The van der Waals surface area contributed by atoms with Crippen LogP contribution in [0.4, 0.5) is 4.39 Å². The molecule has 0 bridgehead atoms. The second-order valence-corrected chi connectivity index (χ2v) is 5.70. The van der Waals surface area contributed by atoms with Gasteiger partial charge >= 0.3 is 0 Å². The molecule has 6 heteroatoms. The number of aromatic nitrogens is 2. The van der Waals surface area contributed by atoms with Gasteiger partial charge in [0, 0.05) is 36.0 Å². The molecule has 20 heavy (non-hydrogen) atoms. The number of nitrogens with zero attached hydrogens (tertiary/aromatic N) is 3. The largest absolute Gasteiger partial charge is 0.337 e. The van der Waals surface area contributed by atoms with Gasteiger partial charge in [0.05, 0.1) is 12.6 Å². The Labute approximate surface area is 126 Å². The molecule has 0 aliphatic heterocycles. The topological polar surface area (TPSA) is 47.1 Å². The second kappa shape index (κ2) is 6.47. The van der Waals surface area contributed by atoms with Gasteiger partial charge in [-0.3, -0.25) is 4.90 Å². The van der Waals surface area contributed by atoms with E-state index in [2.05, 4.69) is 20.9 Å². The third-order valence-corrected chi connectivity index (χ3v) is 3.88. The molecule has 1 atom stereocenters. The lowest BCUT2D eigenvalue weighted by molar-refractivity contribution is 0.229. The van der Waals surface area contributed by atoms with Crippen molar-refractivity contribution in [3.05, 3.63) is 52.3 Å². The maximum Gasteiger partial charge on any atom is 0.129 e. The highest BCUT2D eigenvalue weighted by Gasteiger charge is 2.20. The molecule has 0 amide bonds. The van der Waals surface area contributed by atoms with Gasteiger partial charge in [0.25, 0.3) is 0 Å². The molecule has 2 rings (SSSR count). The molecule has 0 radical (unpaired) electrons. The van der Waals surface area contributed by atoms with Crippen molar-refractivity contribution in [1.29, 1.82) is 0 Å². The van der Waals surface area contributed by atoms with Crippen LogP contribution in [-0.4, -0.2) is 28.0 Å². The summed E-state index contributed by atoms with van der Waals surface area (Å²) in [5, 5.41) is 0. The van der Waals surface area contributed by atoms with E-state index < -0.39 is 0 Å². The maximum atomic E-state index is 14.1. The van der Waals surface area contributed by atoms with Gasteiger partial charge in [0.2, 0.25) is 0 Å². The van der Waals surface area contributed by atoms with Crippen LogP contribution in [0.1, 0.15) is 17.4 Å². The lowest BCUT2D eigenvalue weighted by Gasteiger charge is -2.27. The van der Waals surface area contributed by atoms with Gasteiger partial charge in [-0.15, -0.1) is 0 Å². The normalized spacial score (nSPS) is 12.9. The summed E-state index contributed by atoms with van der Waals surface area (Å²) >= 11 is 3.26. The smallest absolute Gasteiger partial charge is 0.129 e. The first kappa shape index (κ1) is 15.2. The van der Waals surface area contributed by atoms with Gasteiger partial charge in [0.15, 0.2) is 0 Å². The SMILES string of the molecule is CN(Cc1nccn1C)C(CN)c1ccc(Br)cc1F. The molecule has 1 unspecified atom stereocenters. The average Bonchev–Trinajstić information content (AvgIpc) is 2.78. The number of imidazole rings is 1. The number of nitrogens with two attached hydrogens (primary N) is 1. The standard InChI is InChI=1S/C14H18BrFN4/c1-19-6-5-18-14(19)9-20(2)13(8-17)11-4-3-10(15)7-12(11)16/h3-7,13H,8-9,17H2,1-2H3. The van der Waals surface area contributed by atoms with Gasteiger partial charge < -0.3 is 10.3 Å².